The van der Waals surface area contributed by atoms with E-state index in [2.05, 4.69) is 44.1 Å². The summed E-state index contributed by atoms with van der Waals surface area (Å²) in [6, 6.07) is 0.569. The molecule has 0 bridgehead atoms. The topological polar surface area (TPSA) is 79.6 Å². The van der Waals surface area contributed by atoms with Crippen molar-refractivity contribution in [3.05, 3.63) is 12.2 Å². The number of nitrogens with zero attached hydrogens (tertiary/aromatic N) is 5. The Labute approximate surface area is 192 Å². The molecule has 0 amide bonds. The van der Waals surface area contributed by atoms with Gasteiger partial charge in [-0.3, -0.25) is 9.89 Å². The van der Waals surface area contributed by atoms with Crippen molar-refractivity contribution in [2.75, 3.05) is 39.3 Å². The Bertz CT molecular complexity index is 603. The summed E-state index contributed by atoms with van der Waals surface area (Å²) in [5, 5.41) is 15.2. The standard InChI is InChI=1S/C20H37N7O.HI/c1-3-19-25-24-16-27(19)12-10-21-20(23-15-18-9-5-6-13-28-18)22-14-17-8-7-11-26(17)4-2;/h16-18H,3-15H2,1-2H3,(H2,21,22,23);1H. The number of likely N-dealkylation sites (N-methyl/N-ethyl adjacent to an activating group) is 1. The maximum absolute atomic E-state index is 5.86. The van der Waals surface area contributed by atoms with Crippen molar-refractivity contribution in [2.24, 2.45) is 4.99 Å². The number of hydrogen-bond acceptors (Lipinski definition) is 5. The summed E-state index contributed by atoms with van der Waals surface area (Å²) >= 11 is 0. The summed E-state index contributed by atoms with van der Waals surface area (Å²) in [7, 11) is 0. The van der Waals surface area contributed by atoms with Crippen LogP contribution >= 0.6 is 24.0 Å². The molecule has 3 rings (SSSR count). The molecule has 2 atom stereocenters. The second kappa shape index (κ2) is 13.4. The van der Waals surface area contributed by atoms with Gasteiger partial charge >= 0.3 is 0 Å². The van der Waals surface area contributed by atoms with Crippen LogP contribution in [0.5, 0.6) is 0 Å². The van der Waals surface area contributed by atoms with Gasteiger partial charge in [-0.2, -0.15) is 0 Å². The smallest absolute Gasteiger partial charge is 0.191 e. The second-order valence-corrected chi connectivity index (χ2v) is 7.70. The lowest BCUT2D eigenvalue weighted by atomic mass is 10.1. The van der Waals surface area contributed by atoms with Crippen LogP contribution in [-0.2, 0) is 17.7 Å². The van der Waals surface area contributed by atoms with Crippen LogP contribution in [0, 0.1) is 0 Å². The summed E-state index contributed by atoms with van der Waals surface area (Å²) in [5.74, 6) is 1.91. The Kier molecular flexibility index (Phi) is 11.2. The van der Waals surface area contributed by atoms with E-state index in [4.69, 9.17) is 9.73 Å². The van der Waals surface area contributed by atoms with Gasteiger partial charge in [-0.15, -0.1) is 34.2 Å². The van der Waals surface area contributed by atoms with Crippen molar-refractivity contribution in [3.63, 3.8) is 0 Å². The minimum atomic E-state index is 0. The minimum Gasteiger partial charge on any atom is -0.376 e. The Morgan fingerprint density at radius 2 is 2.14 bits per heavy atom. The summed E-state index contributed by atoms with van der Waals surface area (Å²) in [4.78, 5) is 7.44. The van der Waals surface area contributed by atoms with Gasteiger partial charge in [-0.1, -0.05) is 13.8 Å². The third kappa shape index (κ3) is 7.67. The van der Waals surface area contributed by atoms with Crippen LogP contribution in [-0.4, -0.2) is 77.1 Å². The van der Waals surface area contributed by atoms with Crippen LogP contribution in [0.15, 0.2) is 11.3 Å². The molecule has 2 aliphatic heterocycles. The van der Waals surface area contributed by atoms with Gasteiger partial charge in [0.25, 0.3) is 0 Å². The maximum Gasteiger partial charge on any atom is 0.191 e. The van der Waals surface area contributed by atoms with Gasteiger partial charge in [0.1, 0.15) is 12.2 Å². The minimum absolute atomic E-state index is 0. The second-order valence-electron chi connectivity index (χ2n) is 7.70. The van der Waals surface area contributed by atoms with Crippen LogP contribution in [0.3, 0.4) is 0 Å². The number of aliphatic imine (C=N–C) groups is 1. The van der Waals surface area contributed by atoms with E-state index >= 15 is 0 Å². The average Bonchev–Trinajstić information content (AvgIpc) is 3.39. The van der Waals surface area contributed by atoms with Gasteiger partial charge in [-0.25, -0.2) is 0 Å². The zero-order valence-electron chi connectivity index (χ0n) is 18.0. The molecule has 0 radical (unpaired) electrons. The highest BCUT2D eigenvalue weighted by Crippen LogP contribution is 2.16. The van der Waals surface area contributed by atoms with Crippen LogP contribution in [0.25, 0.3) is 0 Å². The number of guanidine groups is 1. The van der Waals surface area contributed by atoms with Gasteiger partial charge in [0.2, 0.25) is 0 Å². The lowest BCUT2D eigenvalue weighted by Crippen LogP contribution is -2.44. The molecule has 2 aliphatic rings. The number of likely N-dealkylation sites (tertiary alicyclic amines) is 1. The number of aromatic nitrogens is 3. The normalized spacial score (nSPS) is 23.0. The SMILES string of the molecule is CCc1nncn1CCNC(=NCC1CCCN1CC)NCC1CCCCO1.I. The molecule has 1 aromatic rings. The third-order valence-electron chi connectivity index (χ3n) is 5.79. The first-order valence-electron chi connectivity index (χ1n) is 11.0. The van der Waals surface area contributed by atoms with Crippen molar-refractivity contribution in [1.29, 1.82) is 0 Å². The first-order valence-corrected chi connectivity index (χ1v) is 11.0. The average molecular weight is 519 g/mol. The monoisotopic (exact) mass is 519 g/mol. The third-order valence-corrected chi connectivity index (χ3v) is 5.79. The van der Waals surface area contributed by atoms with Crippen LogP contribution in [0.4, 0.5) is 0 Å². The number of hydrogen-bond donors (Lipinski definition) is 2. The van der Waals surface area contributed by atoms with E-state index in [0.717, 1.165) is 64.0 Å². The van der Waals surface area contributed by atoms with Gasteiger partial charge < -0.3 is 19.9 Å². The Hall–Kier alpha value is -0.940. The predicted molar refractivity (Wildman–Crippen MR) is 127 cm³/mol. The zero-order chi connectivity index (χ0) is 19.6. The molecule has 0 saturated carbocycles. The summed E-state index contributed by atoms with van der Waals surface area (Å²) in [6.45, 7) is 10.8. The molecule has 2 saturated heterocycles. The molecule has 2 unspecified atom stereocenters. The number of halogens is 1. The molecule has 8 nitrogen and oxygen atoms in total. The van der Waals surface area contributed by atoms with Gasteiger partial charge in [0.05, 0.1) is 12.6 Å². The summed E-state index contributed by atoms with van der Waals surface area (Å²) in [5.41, 5.74) is 0. The lowest BCUT2D eigenvalue weighted by Gasteiger charge is -2.25. The Balaban J connectivity index is 0.00000300. The fourth-order valence-electron chi connectivity index (χ4n) is 4.10. The molecular formula is C20H38IN7O. The zero-order valence-corrected chi connectivity index (χ0v) is 20.3. The lowest BCUT2D eigenvalue weighted by molar-refractivity contribution is 0.0194. The Morgan fingerprint density at radius 1 is 1.24 bits per heavy atom. The van der Waals surface area contributed by atoms with E-state index in [9.17, 15) is 0 Å². The molecule has 1 aromatic heterocycles. The van der Waals surface area contributed by atoms with Gasteiger partial charge in [-0.05, 0) is 45.2 Å². The molecule has 0 spiro atoms. The first kappa shape index (κ1) is 24.3. The quantitative estimate of drug-likeness (QED) is 0.296. The van der Waals surface area contributed by atoms with Crippen molar-refractivity contribution >= 4 is 29.9 Å². The van der Waals surface area contributed by atoms with Crippen molar-refractivity contribution in [2.45, 2.75) is 71.1 Å². The number of rotatable bonds is 9. The number of aryl methyl sites for hydroxylation is 1. The van der Waals surface area contributed by atoms with Crippen LogP contribution in [0.1, 0.15) is 51.8 Å². The predicted octanol–water partition coefficient (Wildman–Crippen LogP) is 2.05. The summed E-state index contributed by atoms with van der Waals surface area (Å²) in [6.07, 6.45) is 9.10. The number of ether oxygens (including phenoxy) is 1. The van der Waals surface area contributed by atoms with E-state index in [1.165, 1.54) is 32.2 Å². The van der Waals surface area contributed by atoms with E-state index in [0.29, 0.717) is 12.1 Å². The molecule has 0 aromatic carbocycles. The van der Waals surface area contributed by atoms with E-state index in [1.807, 2.05) is 0 Å². The highest BCUT2D eigenvalue weighted by Gasteiger charge is 2.22. The molecule has 9 heteroatoms. The largest absolute Gasteiger partial charge is 0.376 e. The molecule has 29 heavy (non-hydrogen) atoms. The van der Waals surface area contributed by atoms with Gasteiger partial charge in [0, 0.05) is 38.7 Å². The number of nitrogens with one attached hydrogen (secondary N) is 2. The molecule has 0 aliphatic carbocycles. The van der Waals surface area contributed by atoms with E-state index < -0.39 is 0 Å². The van der Waals surface area contributed by atoms with E-state index in [1.54, 1.807) is 6.33 Å². The summed E-state index contributed by atoms with van der Waals surface area (Å²) < 4.78 is 7.96. The van der Waals surface area contributed by atoms with Crippen molar-refractivity contribution < 1.29 is 4.74 Å². The molecule has 2 fully saturated rings. The first-order chi connectivity index (χ1) is 13.8. The van der Waals surface area contributed by atoms with Crippen molar-refractivity contribution in [1.82, 2.24) is 30.3 Å². The molecule has 166 valence electrons. The van der Waals surface area contributed by atoms with E-state index in [-0.39, 0.29) is 24.0 Å². The van der Waals surface area contributed by atoms with Crippen molar-refractivity contribution in [3.8, 4) is 0 Å². The molecule has 3 heterocycles. The fraction of sp³-hybridized carbons (Fsp3) is 0.850. The maximum atomic E-state index is 5.86. The Morgan fingerprint density at radius 3 is 2.90 bits per heavy atom. The fourth-order valence-corrected chi connectivity index (χ4v) is 4.10. The highest BCUT2D eigenvalue weighted by atomic mass is 127. The van der Waals surface area contributed by atoms with Gasteiger partial charge in [0.15, 0.2) is 5.96 Å². The highest BCUT2D eigenvalue weighted by molar-refractivity contribution is 14.0. The molecular weight excluding hydrogens is 481 g/mol. The van der Waals surface area contributed by atoms with Crippen LogP contribution < -0.4 is 10.6 Å². The molecule has 2 N–H and O–H groups in total. The van der Waals surface area contributed by atoms with Crippen LogP contribution in [0.2, 0.25) is 0 Å².